The molecule has 0 bridgehead atoms. The molecule has 1 heterocycles. The van der Waals surface area contributed by atoms with Crippen LogP contribution < -0.4 is 10.6 Å². The van der Waals surface area contributed by atoms with Gasteiger partial charge in [-0.2, -0.15) is 4.98 Å². The highest BCUT2D eigenvalue weighted by molar-refractivity contribution is 5.79. The zero-order valence-electron chi connectivity index (χ0n) is 10.4. The minimum atomic E-state index is 0.417. The molecule has 0 radical (unpaired) electrons. The first kappa shape index (κ1) is 11.9. The van der Waals surface area contributed by atoms with E-state index in [9.17, 15) is 0 Å². The molecule has 1 aliphatic carbocycles. The molecule has 0 atom stereocenters. The summed E-state index contributed by atoms with van der Waals surface area (Å²) in [5, 5.41) is 10.2. The van der Waals surface area contributed by atoms with E-state index in [1.165, 1.54) is 12.8 Å². The van der Waals surface area contributed by atoms with E-state index in [-0.39, 0.29) is 0 Å². The van der Waals surface area contributed by atoms with Gasteiger partial charge in [0.15, 0.2) is 11.8 Å². The first-order valence-corrected chi connectivity index (χ1v) is 6.09. The third kappa shape index (κ3) is 4.05. The van der Waals surface area contributed by atoms with Crippen molar-refractivity contribution in [2.24, 2.45) is 10.9 Å². The third-order valence-electron chi connectivity index (χ3n) is 2.54. The zero-order chi connectivity index (χ0) is 12.1. The minimum absolute atomic E-state index is 0.417. The first-order valence-electron chi connectivity index (χ1n) is 6.09. The molecule has 1 fully saturated rings. The second kappa shape index (κ2) is 5.65. The second-order valence-corrected chi connectivity index (χ2v) is 4.25. The van der Waals surface area contributed by atoms with Crippen molar-refractivity contribution in [1.29, 1.82) is 0 Å². The molecule has 0 aliphatic heterocycles. The molecule has 1 saturated carbocycles. The molecule has 1 aromatic rings. The van der Waals surface area contributed by atoms with Crippen LogP contribution in [0.1, 0.15) is 31.5 Å². The quantitative estimate of drug-likeness (QED) is 0.586. The van der Waals surface area contributed by atoms with Crippen molar-refractivity contribution in [2.45, 2.75) is 33.2 Å². The van der Waals surface area contributed by atoms with Crippen LogP contribution in [-0.2, 0) is 6.54 Å². The normalized spacial score (nSPS) is 16.0. The van der Waals surface area contributed by atoms with Crippen LogP contribution in [0.4, 0.5) is 0 Å². The highest BCUT2D eigenvalue weighted by Crippen LogP contribution is 2.27. The molecule has 94 valence electrons. The molecule has 0 unspecified atom stereocenters. The lowest BCUT2D eigenvalue weighted by molar-refractivity contribution is 0.376. The Morgan fingerprint density at radius 1 is 1.47 bits per heavy atom. The van der Waals surface area contributed by atoms with E-state index in [0.717, 1.165) is 25.0 Å². The monoisotopic (exact) mass is 237 g/mol. The Morgan fingerprint density at radius 3 is 2.88 bits per heavy atom. The average Bonchev–Trinajstić information content (AvgIpc) is 3.05. The Bertz CT molecular complexity index is 383. The fraction of sp³-hybridized carbons (Fsp3) is 0.727. The summed E-state index contributed by atoms with van der Waals surface area (Å²) in [5.41, 5.74) is 0. The van der Waals surface area contributed by atoms with E-state index in [4.69, 9.17) is 4.52 Å². The molecule has 6 heteroatoms. The molecule has 1 aliphatic rings. The molecule has 17 heavy (non-hydrogen) atoms. The van der Waals surface area contributed by atoms with Gasteiger partial charge in [-0.25, -0.2) is 4.99 Å². The van der Waals surface area contributed by atoms with Gasteiger partial charge in [0.1, 0.15) is 6.54 Å². The minimum Gasteiger partial charge on any atom is -0.357 e. The molecule has 0 saturated heterocycles. The van der Waals surface area contributed by atoms with E-state index in [1.807, 2.05) is 6.92 Å². The van der Waals surface area contributed by atoms with Gasteiger partial charge >= 0.3 is 0 Å². The van der Waals surface area contributed by atoms with Crippen molar-refractivity contribution in [3.8, 4) is 0 Å². The van der Waals surface area contributed by atoms with Crippen LogP contribution >= 0.6 is 0 Å². The zero-order valence-corrected chi connectivity index (χ0v) is 10.4. The van der Waals surface area contributed by atoms with Crippen LogP contribution in [0.3, 0.4) is 0 Å². The van der Waals surface area contributed by atoms with Crippen LogP contribution in [0.2, 0.25) is 0 Å². The van der Waals surface area contributed by atoms with Crippen molar-refractivity contribution in [3.05, 3.63) is 11.7 Å². The summed E-state index contributed by atoms with van der Waals surface area (Å²) in [7, 11) is 0. The Kier molecular flexibility index (Phi) is 3.95. The lowest BCUT2D eigenvalue weighted by Gasteiger charge is -2.09. The lowest BCUT2D eigenvalue weighted by Crippen LogP contribution is -2.38. The Balaban J connectivity index is 1.84. The van der Waals surface area contributed by atoms with Gasteiger partial charge in [-0.1, -0.05) is 5.16 Å². The summed E-state index contributed by atoms with van der Waals surface area (Å²) >= 11 is 0. The van der Waals surface area contributed by atoms with E-state index in [0.29, 0.717) is 18.3 Å². The van der Waals surface area contributed by atoms with E-state index in [1.54, 1.807) is 6.92 Å². The smallest absolute Gasteiger partial charge is 0.248 e. The van der Waals surface area contributed by atoms with Gasteiger partial charge in [-0.3, -0.25) is 0 Å². The number of guanidine groups is 1. The number of rotatable bonds is 5. The molecule has 2 N–H and O–H groups in total. The van der Waals surface area contributed by atoms with Gasteiger partial charge in [0.25, 0.3) is 0 Å². The van der Waals surface area contributed by atoms with Crippen LogP contribution in [0, 0.1) is 12.8 Å². The fourth-order valence-corrected chi connectivity index (χ4v) is 1.46. The highest BCUT2D eigenvalue weighted by Gasteiger charge is 2.21. The molecule has 6 nitrogen and oxygen atoms in total. The standard InChI is InChI=1S/C11H19N5O/c1-3-12-11(13-6-9-4-5-9)14-7-10-15-8(2)16-17-10/h9H,3-7H2,1-2H3,(H2,12,13,14). The van der Waals surface area contributed by atoms with E-state index in [2.05, 4.69) is 25.8 Å². The predicted octanol–water partition coefficient (Wildman–Crippen LogP) is 0.843. The maximum Gasteiger partial charge on any atom is 0.248 e. The van der Waals surface area contributed by atoms with E-state index >= 15 is 0 Å². The van der Waals surface area contributed by atoms with Gasteiger partial charge in [0.2, 0.25) is 5.89 Å². The van der Waals surface area contributed by atoms with Crippen molar-refractivity contribution < 1.29 is 4.52 Å². The molecule has 2 rings (SSSR count). The summed E-state index contributed by atoms with van der Waals surface area (Å²) in [5.74, 6) is 2.83. The van der Waals surface area contributed by atoms with Crippen molar-refractivity contribution in [2.75, 3.05) is 13.1 Å². The number of aliphatic imine (C=N–C) groups is 1. The predicted molar refractivity (Wildman–Crippen MR) is 64.6 cm³/mol. The summed E-state index contributed by atoms with van der Waals surface area (Å²) in [6, 6.07) is 0. The Hall–Kier alpha value is -1.59. The lowest BCUT2D eigenvalue weighted by atomic mass is 10.4. The first-order chi connectivity index (χ1) is 8.28. The van der Waals surface area contributed by atoms with Crippen LogP contribution in [0.5, 0.6) is 0 Å². The van der Waals surface area contributed by atoms with Crippen molar-refractivity contribution >= 4 is 5.96 Å². The topological polar surface area (TPSA) is 75.3 Å². The van der Waals surface area contributed by atoms with Gasteiger partial charge in [0, 0.05) is 13.1 Å². The maximum atomic E-state index is 5.01. The van der Waals surface area contributed by atoms with Crippen LogP contribution in [-0.4, -0.2) is 29.2 Å². The second-order valence-electron chi connectivity index (χ2n) is 4.25. The number of aryl methyl sites for hydroxylation is 1. The summed E-state index contributed by atoms with van der Waals surface area (Å²) < 4.78 is 5.01. The number of hydrogen-bond acceptors (Lipinski definition) is 4. The summed E-state index contributed by atoms with van der Waals surface area (Å²) in [6.07, 6.45) is 2.66. The Morgan fingerprint density at radius 2 is 2.29 bits per heavy atom. The third-order valence-corrected chi connectivity index (χ3v) is 2.54. The average molecular weight is 237 g/mol. The van der Waals surface area contributed by atoms with Gasteiger partial charge in [-0.05, 0) is 32.6 Å². The molecule has 0 spiro atoms. The molecule has 0 aromatic carbocycles. The Labute approximate surface area is 101 Å². The van der Waals surface area contributed by atoms with Gasteiger partial charge < -0.3 is 15.2 Å². The molecule has 0 amide bonds. The molecular formula is C11H19N5O. The number of nitrogens with one attached hydrogen (secondary N) is 2. The summed E-state index contributed by atoms with van der Waals surface area (Å²) in [6.45, 7) is 6.10. The SMILES string of the molecule is CCNC(=NCc1nc(C)no1)NCC1CC1. The number of nitrogens with zero attached hydrogens (tertiary/aromatic N) is 3. The maximum absolute atomic E-state index is 5.01. The summed E-state index contributed by atoms with van der Waals surface area (Å²) in [4.78, 5) is 8.50. The van der Waals surface area contributed by atoms with Crippen molar-refractivity contribution in [3.63, 3.8) is 0 Å². The highest BCUT2D eigenvalue weighted by atomic mass is 16.5. The van der Waals surface area contributed by atoms with Crippen LogP contribution in [0.15, 0.2) is 9.52 Å². The number of aromatic nitrogens is 2. The van der Waals surface area contributed by atoms with Crippen LogP contribution in [0.25, 0.3) is 0 Å². The molecule has 1 aromatic heterocycles. The van der Waals surface area contributed by atoms with Crippen molar-refractivity contribution in [1.82, 2.24) is 20.8 Å². The van der Waals surface area contributed by atoms with Gasteiger partial charge in [0.05, 0.1) is 0 Å². The number of hydrogen-bond donors (Lipinski definition) is 2. The fourth-order valence-electron chi connectivity index (χ4n) is 1.46. The largest absolute Gasteiger partial charge is 0.357 e. The molecular weight excluding hydrogens is 218 g/mol. The van der Waals surface area contributed by atoms with Gasteiger partial charge in [-0.15, -0.1) is 0 Å². The van der Waals surface area contributed by atoms with E-state index < -0.39 is 0 Å².